The van der Waals surface area contributed by atoms with E-state index in [-0.39, 0.29) is 29.6 Å². The largest absolute Gasteiger partial charge is 0.365 e. The number of sulfone groups is 1. The summed E-state index contributed by atoms with van der Waals surface area (Å²) >= 11 is 1.01. The number of hydrogen-bond acceptors (Lipinski definition) is 8. The second-order valence-corrected chi connectivity index (χ2v) is 10.2. The highest BCUT2D eigenvalue weighted by molar-refractivity contribution is 7.94. The van der Waals surface area contributed by atoms with Crippen molar-refractivity contribution in [3.63, 3.8) is 0 Å². The molecule has 0 saturated carbocycles. The van der Waals surface area contributed by atoms with Crippen LogP contribution in [-0.2, 0) is 19.4 Å². The minimum Gasteiger partial charge on any atom is -0.365 e. The number of nitrogens with one attached hydrogen (secondary N) is 3. The van der Waals surface area contributed by atoms with Crippen molar-refractivity contribution in [3.8, 4) is 0 Å². The van der Waals surface area contributed by atoms with E-state index < -0.39 is 38.5 Å². The van der Waals surface area contributed by atoms with Crippen LogP contribution in [0.5, 0.6) is 0 Å². The van der Waals surface area contributed by atoms with Gasteiger partial charge in [0.2, 0.25) is 11.8 Å². The SMILES string of the molecule is CC(C)CCNC(=O)[C@H](CCCN=C(N)N[N+](=O)[O-])NC(=O)CS(=O)(=O)c1cccs1. The number of nitrogens with two attached hydrogens (primary N) is 1. The molecule has 2 amide bonds. The molecule has 1 heterocycles. The summed E-state index contributed by atoms with van der Waals surface area (Å²) in [5.74, 6) is -2.02. The van der Waals surface area contributed by atoms with E-state index in [9.17, 15) is 28.1 Å². The Morgan fingerprint density at radius 3 is 2.61 bits per heavy atom. The first kappa shape index (κ1) is 26.3. The van der Waals surface area contributed by atoms with E-state index in [0.29, 0.717) is 12.5 Å². The Hall–Kier alpha value is -2.74. The van der Waals surface area contributed by atoms with Crippen molar-refractivity contribution in [2.45, 2.75) is 43.4 Å². The highest BCUT2D eigenvalue weighted by Gasteiger charge is 2.25. The minimum atomic E-state index is -3.80. The number of hydrogen-bond donors (Lipinski definition) is 4. The van der Waals surface area contributed by atoms with Crippen molar-refractivity contribution in [2.75, 3.05) is 18.8 Å². The lowest BCUT2D eigenvalue weighted by Gasteiger charge is -2.18. The number of nitrogens with zero attached hydrogens (tertiary/aromatic N) is 2. The molecule has 0 bridgehead atoms. The maximum absolute atomic E-state index is 12.5. The molecular weight excluding hydrogens is 448 g/mol. The van der Waals surface area contributed by atoms with E-state index in [1.807, 2.05) is 13.8 Å². The number of rotatable bonds is 13. The van der Waals surface area contributed by atoms with E-state index in [4.69, 9.17) is 5.73 Å². The molecule has 14 heteroatoms. The van der Waals surface area contributed by atoms with Crippen LogP contribution >= 0.6 is 11.3 Å². The fourth-order valence-electron chi connectivity index (χ4n) is 2.42. The number of carbonyl (C=O) groups excluding carboxylic acids is 2. The fraction of sp³-hybridized carbons (Fsp3) is 0.588. The van der Waals surface area contributed by atoms with Crippen LogP contribution in [0.4, 0.5) is 0 Å². The molecule has 0 unspecified atom stereocenters. The zero-order valence-electron chi connectivity index (χ0n) is 17.4. The molecule has 0 aromatic carbocycles. The second-order valence-electron chi connectivity index (χ2n) is 7.06. The van der Waals surface area contributed by atoms with Gasteiger partial charge in [-0.1, -0.05) is 25.3 Å². The Balaban J connectivity index is 2.71. The smallest absolute Gasteiger partial charge is 0.251 e. The molecule has 0 saturated heterocycles. The number of guanidine groups is 1. The van der Waals surface area contributed by atoms with Crippen LogP contribution < -0.4 is 21.8 Å². The van der Waals surface area contributed by atoms with E-state index in [1.165, 1.54) is 6.07 Å². The second kappa shape index (κ2) is 12.8. The summed E-state index contributed by atoms with van der Waals surface area (Å²) < 4.78 is 24.6. The van der Waals surface area contributed by atoms with E-state index in [1.54, 1.807) is 16.9 Å². The van der Waals surface area contributed by atoms with Crippen LogP contribution in [0.15, 0.2) is 26.7 Å². The standard InChI is InChI=1S/C17H28N6O6S2/c1-12(2)7-9-19-16(25)13(5-3-8-20-17(18)22-23(26)27)21-14(24)11-31(28,29)15-6-4-10-30-15/h4,6,10,12-13H,3,5,7-9,11H2,1-2H3,(H,19,25)(H,21,24)(H3,18,20,22)/t13-/m0/s1. The van der Waals surface area contributed by atoms with Gasteiger partial charge in [0.1, 0.15) is 16.0 Å². The summed E-state index contributed by atoms with van der Waals surface area (Å²) in [6, 6.07) is 2.00. The number of amides is 2. The van der Waals surface area contributed by atoms with Gasteiger partial charge in [0.25, 0.3) is 5.96 Å². The van der Waals surface area contributed by atoms with Crippen LogP contribution in [0.1, 0.15) is 33.1 Å². The van der Waals surface area contributed by atoms with E-state index in [0.717, 1.165) is 17.8 Å². The lowest BCUT2D eigenvalue weighted by Crippen LogP contribution is -2.48. The zero-order chi connectivity index (χ0) is 23.4. The molecule has 1 aromatic heterocycles. The Labute approximate surface area is 184 Å². The first-order chi connectivity index (χ1) is 14.5. The van der Waals surface area contributed by atoms with Gasteiger partial charge >= 0.3 is 0 Å². The van der Waals surface area contributed by atoms with Crippen LogP contribution in [0.2, 0.25) is 0 Å². The molecule has 0 spiro atoms. The number of thiophene rings is 1. The van der Waals surface area contributed by atoms with Crippen LogP contribution in [0, 0.1) is 16.0 Å². The van der Waals surface area contributed by atoms with Gasteiger partial charge in [-0.25, -0.2) is 23.5 Å². The van der Waals surface area contributed by atoms with Crippen molar-refractivity contribution in [1.82, 2.24) is 16.1 Å². The van der Waals surface area contributed by atoms with Crippen LogP contribution in [-0.4, -0.2) is 56.1 Å². The molecule has 174 valence electrons. The first-order valence-corrected chi connectivity index (χ1v) is 12.1. The molecule has 1 atom stereocenters. The third-order valence-electron chi connectivity index (χ3n) is 3.93. The van der Waals surface area contributed by atoms with Crippen molar-refractivity contribution in [1.29, 1.82) is 0 Å². The van der Waals surface area contributed by atoms with Crippen molar-refractivity contribution in [2.24, 2.45) is 16.6 Å². The summed E-state index contributed by atoms with van der Waals surface area (Å²) in [5.41, 5.74) is 7.02. The van der Waals surface area contributed by atoms with Gasteiger partial charge in [0.15, 0.2) is 14.9 Å². The summed E-state index contributed by atoms with van der Waals surface area (Å²) in [5, 5.41) is 16.2. The maximum Gasteiger partial charge on any atom is 0.251 e. The fourth-order valence-corrected chi connectivity index (χ4v) is 4.65. The van der Waals surface area contributed by atoms with Gasteiger partial charge in [-0.15, -0.1) is 11.3 Å². The molecule has 0 radical (unpaired) electrons. The Morgan fingerprint density at radius 2 is 2.03 bits per heavy atom. The molecule has 0 aliphatic rings. The molecular formula is C17H28N6O6S2. The average molecular weight is 477 g/mol. The van der Waals surface area contributed by atoms with Crippen LogP contribution in [0.25, 0.3) is 0 Å². The van der Waals surface area contributed by atoms with Gasteiger partial charge in [-0.05, 0) is 36.6 Å². The van der Waals surface area contributed by atoms with Gasteiger partial charge in [-0.3, -0.25) is 9.59 Å². The van der Waals surface area contributed by atoms with E-state index in [2.05, 4.69) is 15.6 Å². The molecule has 0 fully saturated rings. The predicted octanol–water partition coefficient (Wildman–Crippen LogP) is 0.0451. The van der Waals surface area contributed by atoms with Crippen molar-refractivity contribution in [3.05, 3.63) is 27.6 Å². The van der Waals surface area contributed by atoms with E-state index >= 15 is 0 Å². The van der Waals surface area contributed by atoms with Crippen LogP contribution in [0.3, 0.4) is 0 Å². The monoisotopic (exact) mass is 476 g/mol. The lowest BCUT2D eigenvalue weighted by molar-refractivity contribution is -0.525. The third-order valence-corrected chi connectivity index (χ3v) is 7.04. The molecule has 1 rings (SSSR count). The highest BCUT2D eigenvalue weighted by atomic mass is 32.2. The number of aliphatic imine (C=N–C) groups is 1. The minimum absolute atomic E-state index is 0.0729. The summed E-state index contributed by atoms with van der Waals surface area (Å²) in [7, 11) is -3.80. The molecule has 12 nitrogen and oxygen atoms in total. The lowest BCUT2D eigenvalue weighted by atomic mass is 10.1. The van der Waals surface area contributed by atoms with Gasteiger partial charge in [-0.2, -0.15) is 0 Å². The average Bonchev–Trinajstić information content (AvgIpc) is 3.18. The zero-order valence-corrected chi connectivity index (χ0v) is 19.0. The highest BCUT2D eigenvalue weighted by Crippen LogP contribution is 2.17. The summed E-state index contributed by atoms with van der Waals surface area (Å²) in [6.07, 6.45) is 1.17. The number of nitro groups is 1. The molecule has 31 heavy (non-hydrogen) atoms. The summed E-state index contributed by atoms with van der Waals surface area (Å²) in [4.78, 5) is 38.9. The van der Waals surface area contributed by atoms with Crippen molar-refractivity contribution < 1.29 is 23.0 Å². The van der Waals surface area contributed by atoms with Crippen molar-refractivity contribution >= 4 is 38.9 Å². The normalized spacial score (nSPS) is 12.9. The maximum atomic E-state index is 12.5. The Morgan fingerprint density at radius 1 is 1.32 bits per heavy atom. The quantitative estimate of drug-likeness (QED) is 0.101. The molecule has 1 aromatic rings. The first-order valence-electron chi connectivity index (χ1n) is 9.55. The Bertz CT molecular complexity index is 870. The number of carbonyl (C=O) groups is 2. The molecule has 0 aliphatic carbocycles. The number of hydrazine groups is 1. The van der Waals surface area contributed by atoms with Gasteiger partial charge < -0.3 is 16.4 Å². The summed E-state index contributed by atoms with van der Waals surface area (Å²) in [6.45, 7) is 4.49. The topological polar surface area (TPSA) is 186 Å². The predicted molar refractivity (Wildman–Crippen MR) is 117 cm³/mol. The molecule has 5 N–H and O–H groups in total. The molecule has 0 aliphatic heterocycles. The third kappa shape index (κ3) is 10.7. The Kier molecular flexibility index (Phi) is 10.9. The van der Waals surface area contributed by atoms with Gasteiger partial charge in [0, 0.05) is 13.1 Å². The van der Waals surface area contributed by atoms with Gasteiger partial charge in [0.05, 0.1) is 0 Å².